The van der Waals surface area contributed by atoms with E-state index >= 15 is 0 Å². The molecule has 2 aromatic carbocycles. The Hall–Kier alpha value is -3.15. The smallest absolute Gasteiger partial charge is 0.430 e. The van der Waals surface area contributed by atoms with Crippen molar-refractivity contribution >= 4 is 17.8 Å². The SMILES string of the molecule is COC(=O)c1ccc(/C(=N\N2C(=O)OCC2Cc2ccccc2)C(C)(C)C)cc1. The third-order valence-corrected chi connectivity index (χ3v) is 4.74. The lowest BCUT2D eigenvalue weighted by Crippen LogP contribution is -2.34. The van der Waals surface area contributed by atoms with Gasteiger partial charge in [-0.3, -0.25) is 0 Å². The number of amides is 1. The van der Waals surface area contributed by atoms with Crippen molar-refractivity contribution in [1.82, 2.24) is 5.01 Å². The van der Waals surface area contributed by atoms with Crippen LogP contribution in [0.15, 0.2) is 59.7 Å². The zero-order chi connectivity index (χ0) is 21.0. The largest absolute Gasteiger partial charge is 0.465 e. The van der Waals surface area contributed by atoms with Crippen molar-refractivity contribution in [3.63, 3.8) is 0 Å². The number of ether oxygens (including phenoxy) is 2. The van der Waals surface area contributed by atoms with Crippen LogP contribution in [-0.2, 0) is 15.9 Å². The van der Waals surface area contributed by atoms with E-state index in [1.807, 2.05) is 63.2 Å². The molecule has 0 saturated carbocycles. The number of esters is 1. The Bertz CT molecular complexity index is 899. The van der Waals surface area contributed by atoms with E-state index in [4.69, 9.17) is 14.6 Å². The first-order valence-electron chi connectivity index (χ1n) is 9.57. The number of hydrogen-bond donors (Lipinski definition) is 0. The Morgan fingerprint density at radius 2 is 1.72 bits per heavy atom. The van der Waals surface area contributed by atoms with Gasteiger partial charge in [0.2, 0.25) is 0 Å². The molecule has 0 radical (unpaired) electrons. The number of methoxy groups -OCH3 is 1. The molecule has 1 heterocycles. The number of benzene rings is 2. The second-order valence-electron chi connectivity index (χ2n) is 8.03. The van der Waals surface area contributed by atoms with Crippen molar-refractivity contribution in [2.75, 3.05) is 13.7 Å². The maximum Gasteiger partial charge on any atom is 0.430 e. The third kappa shape index (κ3) is 4.83. The van der Waals surface area contributed by atoms with Crippen LogP contribution in [0.4, 0.5) is 4.79 Å². The number of hydrogen-bond acceptors (Lipinski definition) is 5. The molecule has 3 rings (SSSR count). The standard InChI is InChI=1S/C23H26N2O4/c1-23(2,3)20(17-10-12-18(13-11-17)21(26)28-4)24-25-19(15-29-22(25)27)14-16-8-6-5-7-9-16/h5-13,19H,14-15H2,1-4H3/b24-20+. The Morgan fingerprint density at radius 3 is 2.31 bits per heavy atom. The second-order valence-corrected chi connectivity index (χ2v) is 8.03. The lowest BCUT2D eigenvalue weighted by molar-refractivity contribution is 0.0600. The van der Waals surface area contributed by atoms with Gasteiger partial charge in [0.25, 0.3) is 0 Å². The first-order chi connectivity index (χ1) is 13.8. The van der Waals surface area contributed by atoms with Crippen LogP contribution < -0.4 is 0 Å². The molecule has 152 valence electrons. The van der Waals surface area contributed by atoms with Crippen molar-refractivity contribution in [3.8, 4) is 0 Å². The molecule has 0 N–H and O–H groups in total. The molecule has 0 aromatic heterocycles. The van der Waals surface area contributed by atoms with Gasteiger partial charge >= 0.3 is 12.1 Å². The second kappa shape index (κ2) is 8.47. The zero-order valence-electron chi connectivity index (χ0n) is 17.2. The van der Waals surface area contributed by atoms with E-state index < -0.39 is 12.1 Å². The number of rotatable bonds is 5. The van der Waals surface area contributed by atoms with Gasteiger partial charge in [-0.2, -0.15) is 10.1 Å². The lowest BCUT2D eigenvalue weighted by atomic mass is 9.85. The van der Waals surface area contributed by atoms with E-state index in [1.54, 1.807) is 12.1 Å². The average molecular weight is 394 g/mol. The highest BCUT2D eigenvalue weighted by Crippen LogP contribution is 2.26. The minimum Gasteiger partial charge on any atom is -0.465 e. The summed E-state index contributed by atoms with van der Waals surface area (Å²) in [4.78, 5) is 24.1. The number of hydrazone groups is 1. The van der Waals surface area contributed by atoms with Crippen LogP contribution in [-0.4, -0.2) is 42.5 Å². The minimum atomic E-state index is -0.445. The maximum atomic E-state index is 12.4. The average Bonchev–Trinajstić information content (AvgIpc) is 3.04. The summed E-state index contributed by atoms with van der Waals surface area (Å²) in [5.41, 5.74) is 2.84. The Kier molecular flexibility index (Phi) is 6.01. The fraction of sp³-hybridized carbons (Fsp3) is 0.348. The highest BCUT2D eigenvalue weighted by atomic mass is 16.6. The van der Waals surface area contributed by atoms with Gasteiger partial charge in [0.05, 0.1) is 24.4 Å². The first kappa shape index (κ1) is 20.6. The molecule has 0 spiro atoms. The normalized spacial score (nSPS) is 17.2. The fourth-order valence-corrected chi connectivity index (χ4v) is 3.24. The van der Waals surface area contributed by atoms with Crippen LogP contribution in [0.25, 0.3) is 0 Å². The summed E-state index contributed by atoms with van der Waals surface area (Å²) in [5, 5.41) is 6.18. The zero-order valence-corrected chi connectivity index (χ0v) is 17.2. The summed E-state index contributed by atoms with van der Waals surface area (Å²) in [6.45, 7) is 6.41. The van der Waals surface area contributed by atoms with Gasteiger partial charge in [-0.25, -0.2) is 9.59 Å². The van der Waals surface area contributed by atoms with Crippen LogP contribution in [0.2, 0.25) is 0 Å². The number of carbonyl (C=O) groups excluding carboxylic acids is 2. The molecule has 1 fully saturated rings. The van der Waals surface area contributed by atoms with Gasteiger partial charge in [-0.05, 0) is 29.7 Å². The van der Waals surface area contributed by atoms with Crippen LogP contribution in [0.1, 0.15) is 42.3 Å². The summed E-state index contributed by atoms with van der Waals surface area (Å²) >= 11 is 0. The molecular formula is C23H26N2O4. The third-order valence-electron chi connectivity index (χ3n) is 4.74. The summed E-state index contributed by atoms with van der Waals surface area (Å²) in [7, 11) is 1.35. The molecular weight excluding hydrogens is 368 g/mol. The maximum absolute atomic E-state index is 12.4. The predicted octanol–water partition coefficient (Wildman–Crippen LogP) is 4.29. The summed E-state index contributed by atoms with van der Waals surface area (Å²) in [5.74, 6) is -0.392. The van der Waals surface area contributed by atoms with Gasteiger partial charge < -0.3 is 9.47 Å². The first-order valence-corrected chi connectivity index (χ1v) is 9.57. The van der Waals surface area contributed by atoms with Crippen LogP contribution in [0.5, 0.6) is 0 Å². The van der Waals surface area contributed by atoms with Crippen LogP contribution in [0.3, 0.4) is 0 Å². The van der Waals surface area contributed by atoms with E-state index in [1.165, 1.54) is 12.1 Å². The molecule has 2 aromatic rings. The van der Waals surface area contributed by atoms with Gasteiger partial charge in [0.1, 0.15) is 6.61 Å². The van der Waals surface area contributed by atoms with Crippen molar-refractivity contribution in [3.05, 3.63) is 71.3 Å². The van der Waals surface area contributed by atoms with E-state index in [0.29, 0.717) is 18.6 Å². The van der Waals surface area contributed by atoms with Crippen molar-refractivity contribution in [1.29, 1.82) is 0 Å². The fourth-order valence-electron chi connectivity index (χ4n) is 3.24. The number of cyclic esters (lactones) is 1. The van der Waals surface area contributed by atoms with E-state index in [0.717, 1.165) is 16.8 Å². The van der Waals surface area contributed by atoms with Gasteiger partial charge in [-0.1, -0.05) is 63.2 Å². The van der Waals surface area contributed by atoms with Crippen LogP contribution >= 0.6 is 0 Å². The van der Waals surface area contributed by atoms with Crippen LogP contribution in [0, 0.1) is 5.41 Å². The van der Waals surface area contributed by atoms with E-state index in [9.17, 15) is 9.59 Å². The molecule has 1 amide bonds. The molecule has 1 atom stereocenters. The highest BCUT2D eigenvalue weighted by molar-refractivity contribution is 6.05. The summed E-state index contributed by atoms with van der Waals surface area (Å²) in [6, 6.07) is 16.9. The molecule has 0 bridgehead atoms. The molecule has 0 aliphatic carbocycles. The van der Waals surface area contributed by atoms with Crippen molar-refractivity contribution < 1.29 is 19.1 Å². The lowest BCUT2D eigenvalue weighted by Gasteiger charge is -2.25. The quantitative estimate of drug-likeness (QED) is 0.560. The summed E-state index contributed by atoms with van der Waals surface area (Å²) < 4.78 is 10.0. The highest BCUT2D eigenvalue weighted by Gasteiger charge is 2.35. The molecule has 1 saturated heterocycles. The van der Waals surface area contributed by atoms with Gasteiger partial charge in [0, 0.05) is 5.41 Å². The van der Waals surface area contributed by atoms with Gasteiger partial charge in [0.15, 0.2) is 0 Å². The van der Waals surface area contributed by atoms with Crippen molar-refractivity contribution in [2.45, 2.75) is 33.2 Å². The van der Waals surface area contributed by atoms with E-state index in [-0.39, 0.29) is 11.5 Å². The number of nitrogens with zero attached hydrogens (tertiary/aromatic N) is 2. The molecule has 6 heteroatoms. The number of carbonyl (C=O) groups is 2. The summed E-state index contributed by atoms with van der Waals surface area (Å²) in [6.07, 6.45) is 0.216. The molecule has 1 unspecified atom stereocenters. The van der Waals surface area contributed by atoms with E-state index in [2.05, 4.69) is 0 Å². The molecule has 29 heavy (non-hydrogen) atoms. The van der Waals surface area contributed by atoms with Crippen molar-refractivity contribution in [2.24, 2.45) is 10.5 Å². The monoisotopic (exact) mass is 394 g/mol. The minimum absolute atomic E-state index is 0.170. The molecule has 1 aliphatic rings. The van der Waals surface area contributed by atoms with Gasteiger partial charge in [-0.15, -0.1) is 0 Å². The Labute approximate surface area is 171 Å². The molecule has 1 aliphatic heterocycles. The Morgan fingerprint density at radius 1 is 1.10 bits per heavy atom. The predicted molar refractivity (Wildman–Crippen MR) is 111 cm³/mol. The molecule has 6 nitrogen and oxygen atoms in total. The topological polar surface area (TPSA) is 68.2 Å². The Balaban J connectivity index is 1.92.